The molecule has 0 saturated heterocycles. The quantitative estimate of drug-likeness (QED) is 0.635. The zero-order chi connectivity index (χ0) is 13.9. The summed E-state index contributed by atoms with van der Waals surface area (Å²) in [6.07, 6.45) is 3.24. The highest BCUT2D eigenvalue weighted by Gasteiger charge is 2.09. The molecule has 0 saturated carbocycles. The second-order valence-electron chi connectivity index (χ2n) is 4.90. The van der Waals surface area contributed by atoms with Gasteiger partial charge >= 0.3 is 0 Å². The van der Waals surface area contributed by atoms with Gasteiger partial charge in [0.1, 0.15) is 5.78 Å². The molecule has 1 aromatic rings. The lowest BCUT2D eigenvalue weighted by atomic mass is 10.0. The van der Waals surface area contributed by atoms with Crippen LogP contribution in [0.15, 0.2) is 30.3 Å². The van der Waals surface area contributed by atoms with Crippen LogP contribution in [-0.2, 0) is 11.2 Å². The molecule has 3 nitrogen and oxygen atoms in total. The van der Waals surface area contributed by atoms with Crippen molar-refractivity contribution in [2.24, 2.45) is 0 Å². The van der Waals surface area contributed by atoms with Crippen LogP contribution in [0.25, 0.3) is 0 Å². The zero-order valence-electron chi connectivity index (χ0n) is 12.1. The monoisotopic (exact) mass is 262 g/mol. The van der Waals surface area contributed by atoms with Crippen LogP contribution in [0, 0.1) is 0 Å². The van der Waals surface area contributed by atoms with Gasteiger partial charge in [0.25, 0.3) is 0 Å². The van der Waals surface area contributed by atoms with E-state index in [1.807, 2.05) is 37.4 Å². The average molecular weight is 262 g/mol. The average Bonchev–Trinajstić information content (AvgIpc) is 2.44. The molecule has 0 bridgehead atoms. The van der Waals surface area contributed by atoms with Gasteiger partial charge in [0.15, 0.2) is 0 Å². The van der Waals surface area contributed by atoms with E-state index < -0.39 is 0 Å². The van der Waals surface area contributed by atoms with Crippen LogP contribution in [0.3, 0.4) is 0 Å². The SMILES string of the molecule is CCC(CCC(=O)Cc1ccccc1)NCCNC. The molecule has 0 radical (unpaired) electrons. The molecule has 1 atom stereocenters. The summed E-state index contributed by atoms with van der Waals surface area (Å²) >= 11 is 0. The van der Waals surface area contributed by atoms with E-state index in [9.17, 15) is 4.79 Å². The molecule has 0 spiro atoms. The van der Waals surface area contributed by atoms with Gasteiger partial charge in [0.2, 0.25) is 0 Å². The minimum atomic E-state index is 0.333. The molecule has 2 N–H and O–H groups in total. The summed E-state index contributed by atoms with van der Waals surface area (Å²) in [5, 5.41) is 6.59. The first kappa shape index (κ1) is 15.9. The minimum Gasteiger partial charge on any atom is -0.318 e. The van der Waals surface area contributed by atoms with Gasteiger partial charge in [0.05, 0.1) is 0 Å². The first-order chi connectivity index (χ1) is 9.26. The summed E-state index contributed by atoms with van der Waals surface area (Å²) in [5.74, 6) is 0.333. The summed E-state index contributed by atoms with van der Waals surface area (Å²) < 4.78 is 0. The molecular formula is C16H26N2O. The van der Waals surface area contributed by atoms with E-state index >= 15 is 0 Å². The second-order valence-corrected chi connectivity index (χ2v) is 4.90. The highest BCUT2D eigenvalue weighted by molar-refractivity contribution is 5.80. The van der Waals surface area contributed by atoms with E-state index in [0.29, 0.717) is 24.7 Å². The molecule has 0 aromatic heterocycles. The molecule has 0 fully saturated rings. The van der Waals surface area contributed by atoms with Crippen LogP contribution in [-0.4, -0.2) is 32.0 Å². The molecule has 3 heteroatoms. The summed E-state index contributed by atoms with van der Waals surface area (Å²) in [6.45, 7) is 4.09. The predicted octanol–water partition coefficient (Wildman–Crippen LogP) is 2.17. The van der Waals surface area contributed by atoms with E-state index in [1.165, 1.54) is 0 Å². The largest absolute Gasteiger partial charge is 0.318 e. The number of hydrogen-bond acceptors (Lipinski definition) is 3. The van der Waals surface area contributed by atoms with Crippen LogP contribution < -0.4 is 10.6 Å². The lowest BCUT2D eigenvalue weighted by Crippen LogP contribution is -2.34. The smallest absolute Gasteiger partial charge is 0.137 e. The molecule has 1 unspecified atom stereocenters. The van der Waals surface area contributed by atoms with Crippen LogP contribution in [0.4, 0.5) is 0 Å². The lowest BCUT2D eigenvalue weighted by molar-refractivity contribution is -0.118. The Kier molecular flexibility index (Phi) is 8.10. The Hall–Kier alpha value is -1.19. The zero-order valence-corrected chi connectivity index (χ0v) is 12.1. The Morgan fingerprint density at radius 2 is 1.95 bits per heavy atom. The standard InChI is InChI=1S/C16H26N2O/c1-3-15(18-12-11-17-2)9-10-16(19)13-14-7-5-4-6-8-14/h4-8,15,17-18H,3,9-13H2,1-2H3. The number of carbonyl (C=O) groups is 1. The van der Waals surface area contributed by atoms with Crippen molar-refractivity contribution in [2.45, 2.75) is 38.6 Å². The van der Waals surface area contributed by atoms with E-state index in [4.69, 9.17) is 0 Å². The predicted molar refractivity (Wildman–Crippen MR) is 80.4 cm³/mol. The Labute approximate surface area is 116 Å². The third-order valence-electron chi connectivity index (χ3n) is 3.32. The molecule has 19 heavy (non-hydrogen) atoms. The summed E-state index contributed by atoms with van der Waals surface area (Å²) in [4.78, 5) is 11.9. The van der Waals surface area contributed by atoms with Crippen molar-refractivity contribution in [1.82, 2.24) is 10.6 Å². The Morgan fingerprint density at radius 3 is 2.58 bits per heavy atom. The van der Waals surface area contributed by atoms with Gasteiger partial charge in [-0.25, -0.2) is 0 Å². The van der Waals surface area contributed by atoms with Gasteiger partial charge in [-0.05, 0) is 25.5 Å². The summed E-state index contributed by atoms with van der Waals surface area (Å²) in [6, 6.07) is 10.4. The summed E-state index contributed by atoms with van der Waals surface area (Å²) in [5.41, 5.74) is 1.11. The normalized spacial score (nSPS) is 12.3. The Balaban J connectivity index is 2.24. The van der Waals surface area contributed by atoms with Crippen molar-refractivity contribution < 1.29 is 4.79 Å². The highest BCUT2D eigenvalue weighted by Crippen LogP contribution is 2.06. The van der Waals surface area contributed by atoms with E-state index in [-0.39, 0.29) is 0 Å². The number of benzene rings is 1. The summed E-state index contributed by atoms with van der Waals surface area (Å²) in [7, 11) is 1.95. The Bertz CT molecular complexity index is 351. The minimum absolute atomic E-state index is 0.333. The molecule has 0 heterocycles. The van der Waals surface area contributed by atoms with Crippen LogP contribution in [0.5, 0.6) is 0 Å². The van der Waals surface area contributed by atoms with Crippen molar-refractivity contribution in [2.75, 3.05) is 20.1 Å². The molecule has 0 aliphatic heterocycles. The third kappa shape index (κ3) is 7.09. The molecule has 1 rings (SSSR count). The van der Waals surface area contributed by atoms with Crippen LogP contribution >= 0.6 is 0 Å². The lowest BCUT2D eigenvalue weighted by Gasteiger charge is -2.16. The molecule has 0 aliphatic rings. The molecule has 0 aliphatic carbocycles. The van der Waals surface area contributed by atoms with Crippen LogP contribution in [0.1, 0.15) is 31.7 Å². The number of ketones is 1. The van der Waals surface area contributed by atoms with Crippen molar-refractivity contribution >= 4 is 5.78 Å². The molecule has 1 aromatic carbocycles. The number of carbonyl (C=O) groups excluding carboxylic acids is 1. The topological polar surface area (TPSA) is 41.1 Å². The number of rotatable bonds is 10. The number of nitrogens with one attached hydrogen (secondary N) is 2. The van der Waals surface area contributed by atoms with Crippen molar-refractivity contribution in [3.05, 3.63) is 35.9 Å². The third-order valence-corrected chi connectivity index (χ3v) is 3.32. The fraction of sp³-hybridized carbons (Fsp3) is 0.562. The van der Waals surface area contributed by atoms with Gasteiger partial charge in [-0.15, -0.1) is 0 Å². The van der Waals surface area contributed by atoms with E-state index in [2.05, 4.69) is 17.6 Å². The molecular weight excluding hydrogens is 236 g/mol. The van der Waals surface area contributed by atoms with E-state index in [1.54, 1.807) is 0 Å². The second kappa shape index (κ2) is 9.70. The van der Waals surface area contributed by atoms with Gasteiger partial charge in [-0.3, -0.25) is 4.79 Å². The van der Waals surface area contributed by atoms with E-state index in [0.717, 1.165) is 31.5 Å². The maximum Gasteiger partial charge on any atom is 0.137 e. The van der Waals surface area contributed by atoms with Crippen molar-refractivity contribution in [1.29, 1.82) is 0 Å². The maximum atomic E-state index is 11.9. The van der Waals surface area contributed by atoms with Crippen molar-refractivity contribution in [3.63, 3.8) is 0 Å². The number of hydrogen-bond donors (Lipinski definition) is 2. The molecule has 106 valence electrons. The fourth-order valence-electron chi connectivity index (χ4n) is 2.10. The fourth-order valence-corrected chi connectivity index (χ4v) is 2.10. The highest BCUT2D eigenvalue weighted by atomic mass is 16.1. The number of likely N-dealkylation sites (N-methyl/N-ethyl adjacent to an activating group) is 1. The van der Waals surface area contributed by atoms with Gasteiger partial charge in [-0.1, -0.05) is 37.3 Å². The first-order valence-corrected chi connectivity index (χ1v) is 7.19. The Morgan fingerprint density at radius 1 is 1.21 bits per heavy atom. The maximum absolute atomic E-state index is 11.9. The van der Waals surface area contributed by atoms with Crippen LogP contribution in [0.2, 0.25) is 0 Å². The molecule has 0 amide bonds. The van der Waals surface area contributed by atoms with Crippen molar-refractivity contribution in [3.8, 4) is 0 Å². The van der Waals surface area contributed by atoms with Gasteiger partial charge in [0, 0.05) is 32.0 Å². The number of Topliss-reactive ketones (excluding diaryl/α,β-unsaturated/α-hetero) is 1. The first-order valence-electron chi connectivity index (χ1n) is 7.19. The van der Waals surface area contributed by atoms with Gasteiger partial charge < -0.3 is 10.6 Å². The van der Waals surface area contributed by atoms with Gasteiger partial charge in [-0.2, -0.15) is 0 Å².